The Bertz CT molecular complexity index is 924. The third kappa shape index (κ3) is 4.15. The Labute approximate surface area is 163 Å². The van der Waals surface area contributed by atoms with Gasteiger partial charge in [0.05, 0.1) is 11.4 Å². The van der Waals surface area contributed by atoms with Crippen LogP contribution in [0.5, 0.6) is 0 Å². The first-order valence-corrected chi connectivity index (χ1v) is 9.23. The summed E-state index contributed by atoms with van der Waals surface area (Å²) in [4.78, 5) is 4.70. The predicted octanol–water partition coefficient (Wildman–Crippen LogP) is 4.66. The van der Waals surface area contributed by atoms with Crippen molar-refractivity contribution in [1.29, 1.82) is 0 Å². The van der Waals surface area contributed by atoms with E-state index >= 15 is 0 Å². The van der Waals surface area contributed by atoms with Crippen LogP contribution in [-0.4, -0.2) is 25.2 Å². The number of rotatable bonds is 5. The van der Waals surface area contributed by atoms with Gasteiger partial charge in [0.2, 0.25) is 5.16 Å². The minimum Gasteiger partial charge on any atom is -0.240 e. The second-order valence-electron chi connectivity index (χ2n) is 5.01. The first kappa shape index (κ1) is 17.8. The zero-order valence-electron chi connectivity index (χ0n) is 13.0. The smallest absolute Gasteiger partial charge is 0.214 e. The van der Waals surface area contributed by atoms with E-state index in [2.05, 4.69) is 33.0 Å². The lowest BCUT2D eigenvalue weighted by Crippen LogP contribution is -1.98. The molecule has 0 aliphatic heterocycles. The lowest BCUT2D eigenvalue weighted by molar-refractivity contribution is 0.756. The number of para-hydroxylation sites is 1. The number of benzene rings is 2. The summed E-state index contributed by atoms with van der Waals surface area (Å²) in [6.45, 7) is 0. The van der Waals surface area contributed by atoms with Crippen molar-refractivity contribution in [2.75, 3.05) is 0 Å². The third-order valence-corrected chi connectivity index (χ3v) is 5.26. The molecule has 0 bridgehead atoms. The molecular weight excluding hydrogens is 418 g/mol. The van der Waals surface area contributed by atoms with E-state index in [0.717, 1.165) is 32.9 Å². The molecule has 126 valence electrons. The summed E-state index contributed by atoms with van der Waals surface area (Å²) in [5, 5.41) is 15.9. The normalized spacial score (nSPS) is 10.4. The Balaban J connectivity index is 0.00000182. The molecule has 25 heavy (non-hydrogen) atoms. The average molecular weight is 432 g/mol. The highest BCUT2D eigenvalue weighted by Crippen LogP contribution is 2.27. The SMILES string of the molecule is Br.c1ccc(-c2nc(CSc3nnnn3-c3ccccc3)cs2)cc1. The fraction of sp³-hybridized carbons (Fsp3) is 0.0588. The molecule has 0 spiro atoms. The van der Waals surface area contributed by atoms with Crippen molar-refractivity contribution in [3.8, 4) is 16.3 Å². The fourth-order valence-corrected chi connectivity index (χ4v) is 3.94. The minimum atomic E-state index is 0. The van der Waals surface area contributed by atoms with Gasteiger partial charge in [-0.2, -0.15) is 4.68 Å². The third-order valence-electron chi connectivity index (χ3n) is 3.36. The molecule has 4 rings (SSSR count). The molecule has 5 nitrogen and oxygen atoms in total. The summed E-state index contributed by atoms with van der Waals surface area (Å²) in [6.07, 6.45) is 0. The fourth-order valence-electron chi connectivity index (χ4n) is 2.23. The molecule has 8 heteroatoms. The highest BCUT2D eigenvalue weighted by atomic mass is 79.9. The van der Waals surface area contributed by atoms with Crippen LogP contribution in [0.25, 0.3) is 16.3 Å². The van der Waals surface area contributed by atoms with Crippen molar-refractivity contribution >= 4 is 40.1 Å². The van der Waals surface area contributed by atoms with Gasteiger partial charge < -0.3 is 0 Å². The van der Waals surface area contributed by atoms with Crippen molar-refractivity contribution in [2.24, 2.45) is 0 Å². The molecule has 4 aromatic rings. The van der Waals surface area contributed by atoms with Gasteiger partial charge in [-0.1, -0.05) is 60.3 Å². The average Bonchev–Trinajstić information content (AvgIpc) is 3.31. The van der Waals surface area contributed by atoms with Crippen LogP contribution in [0.1, 0.15) is 5.69 Å². The zero-order valence-corrected chi connectivity index (χ0v) is 16.4. The molecule has 0 fully saturated rings. The van der Waals surface area contributed by atoms with Crippen LogP contribution >= 0.6 is 40.1 Å². The predicted molar refractivity (Wildman–Crippen MR) is 107 cm³/mol. The number of thioether (sulfide) groups is 1. The van der Waals surface area contributed by atoms with E-state index < -0.39 is 0 Å². The van der Waals surface area contributed by atoms with Crippen LogP contribution in [-0.2, 0) is 5.75 Å². The van der Waals surface area contributed by atoms with Gasteiger partial charge in [-0.15, -0.1) is 33.4 Å². The molecule has 0 unspecified atom stereocenters. The topological polar surface area (TPSA) is 56.5 Å². The highest BCUT2D eigenvalue weighted by Gasteiger charge is 2.11. The van der Waals surface area contributed by atoms with Gasteiger partial charge in [-0.3, -0.25) is 0 Å². The number of nitrogens with zero attached hydrogens (tertiary/aromatic N) is 5. The molecule has 0 aliphatic rings. The number of thiazole rings is 1. The summed E-state index contributed by atoms with van der Waals surface area (Å²) < 4.78 is 1.75. The first-order chi connectivity index (χ1) is 11.9. The minimum absolute atomic E-state index is 0. The van der Waals surface area contributed by atoms with Gasteiger partial charge in [0.15, 0.2) is 0 Å². The molecule has 0 saturated heterocycles. The van der Waals surface area contributed by atoms with Gasteiger partial charge in [0, 0.05) is 16.7 Å². The Hall–Kier alpha value is -2.03. The van der Waals surface area contributed by atoms with Crippen molar-refractivity contribution in [3.63, 3.8) is 0 Å². The molecule has 0 radical (unpaired) electrons. The van der Waals surface area contributed by atoms with E-state index in [1.165, 1.54) is 0 Å². The van der Waals surface area contributed by atoms with Crippen molar-refractivity contribution in [1.82, 2.24) is 25.2 Å². The summed E-state index contributed by atoms with van der Waals surface area (Å²) >= 11 is 3.24. The largest absolute Gasteiger partial charge is 0.240 e. The van der Waals surface area contributed by atoms with Crippen LogP contribution in [0.3, 0.4) is 0 Å². The summed E-state index contributed by atoms with van der Waals surface area (Å²) in [6, 6.07) is 20.1. The number of aromatic nitrogens is 5. The lowest BCUT2D eigenvalue weighted by atomic mass is 10.2. The Morgan fingerprint density at radius 3 is 2.44 bits per heavy atom. The van der Waals surface area contributed by atoms with Crippen LogP contribution < -0.4 is 0 Å². The second kappa shape index (κ2) is 8.37. The van der Waals surface area contributed by atoms with Crippen molar-refractivity contribution < 1.29 is 0 Å². The zero-order chi connectivity index (χ0) is 16.2. The maximum atomic E-state index is 4.70. The lowest BCUT2D eigenvalue weighted by Gasteiger charge is -2.02. The Kier molecular flexibility index (Phi) is 5.95. The van der Waals surface area contributed by atoms with E-state index in [1.807, 2.05) is 48.5 Å². The van der Waals surface area contributed by atoms with E-state index in [9.17, 15) is 0 Å². The van der Waals surface area contributed by atoms with Gasteiger partial charge in [0.25, 0.3) is 0 Å². The Morgan fingerprint density at radius 2 is 1.68 bits per heavy atom. The van der Waals surface area contributed by atoms with Crippen molar-refractivity contribution in [2.45, 2.75) is 10.9 Å². The molecule has 0 amide bonds. The van der Waals surface area contributed by atoms with Crippen LogP contribution in [0, 0.1) is 0 Å². The highest BCUT2D eigenvalue weighted by molar-refractivity contribution is 8.93. The van der Waals surface area contributed by atoms with E-state index in [4.69, 9.17) is 4.98 Å². The standard InChI is InChI=1S/C17H13N5S2.BrH/c1-3-7-13(8-4-1)16-18-14(11-23-16)12-24-17-19-20-21-22(17)15-9-5-2-6-10-15;/h1-11H,12H2;1H. The first-order valence-electron chi connectivity index (χ1n) is 7.36. The molecule has 2 aromatic heterocycles. The molecule has 2 aromatic carbocycles. The molecule has 0 saturated carbocycles. The summed E-state index contributed by atoms with van der Waals surface area (Å²) in [5.74, 6) is 0.733. The molecular formula is C17H14BrN5S2. The van der Waals surface area contributed by atoms with E-state index in [0.29, 0.717) is 0 Å². The molecule has 2 heterocycles. The number of hydrogen-bond donors (Lipinski definition) is 0. The van der Waals surface area contributed by atoms with Crippen molar-refractivity contribution in [3.05, 3.63) is 71.7 Å². The molecule has 0 N–H and O–H groups in total. The van der Waals surface area contributed by atoms with Crippen LogP contribution in [0.2, 0.25) is 0 Å². The molecule has 0 aliphatic carbocycles. The van der Waals surface area contributed by atoms with Crippen LogP contribution in [0.15, 0.2) is 71.2 Å². The maximum Gasteiger partial charge on any atom is 0.214 e. The Morgan fingerprint density at radius 1 is 0.960 bits per heavy atom. The van der Waals surface area contributed by atoms with Gasteiger partial charge in [0.1, 0.15) is 5.01 Å². The summed E-state index contributed by atoms with van der Waals surface area (Å²) in [5.41, 5.74) is 3.13. The van der Waals surface area contributed by atoms with Gasteiger partial charge >= 0.3 is 0 Å². The van der Waals surface area contributed by atoms with Crippen LogP contribution in [0.4, 0.5) is 0 Å². The summed E-state index contributed by atoms with van der Waals surface area (Å²) in [7, 11) is 0. The number of halogens is 1. The number of tetrazole rings is 1. The second-order valence-corrected chi connectivity index (χ2v) is 6.81. The maximum absolute atomic E-state index is 4.70. The van der Waals surface area contributed by atoms with Gasteiger partial charge in [-0.05, 0) is 22.6 Å². The van der Waals surface area contributed by atoms with E-state index in [1.54, 1.807) is 27.8 Å². The number of hydrogen-bond acceptors (Lipinski definition) is 6. The molecule has 0 atom stereocenters. The van der Waals surface area contributed by atoms with E-state index in [-0.39, 0.29) is 17.0 Å². The monoisotopic (exact) mass is 431 g/mol. The van der Waals surface area contributed by atoms with Gasteiger partial charge in [-0.25, -0.2) is 4.98 Å². The quantitative estimate of drug-likeness (QED) is 0.430.